The third kappa shape index (κ3) is 3.32. The lowest BCUT2D eigenvalue weighted by atomic mass is 9.94. The van der Waals surface area contributed by atoms with Gasteiger partial charge in [-0.25, -0.2) is 9.48 Å². The molecular weight excluding hydrogens is 382 g/mol. The van der Waals surface area contributed by atoms with Crippen molar-refractivity contribution < 1.29 is 14.7 Å². The highest BCUT2D eigenvalue weighted by molar-refractivity contribution is 6.06. The molecule has 0 saturated heterocycles. The van der Waals surface area contributed by atoms with Crippen LogP contribution in [0.5, 0.6) is 0 Å². The van der Waals surface area contributed by atoms with Crippen molar-refractivity contribution in [3.63, 3.8) is 0 Å². The van der Waals surface area contributed by atoms with Crippen LogP contribution in [0.25, 0.3) is 0 Å². The standard InChI is InChI=1S/C22H21N5O3/c1-12-5-4-6-17(13(12)2)26-20(28)18-14(3)25-22-23-11-24-27(22)19(18)15-7-9-16(10-8-15)21(29)30/h4-11,19H,1-3H3,(H,26,28)(H,29,30)(H,23,24,25). The van der Waals surface area contributed by atoms with Crippen molar-refractivity contribution in [3.05, 3.63) is 82.3 Å². The molecule has 1 aliphatic rings. The number of rotatable bonds is 4. The lowest BCUT2D eigenvalue weighted by Crippen LogP contribution is -2.31. The zero-order valence-corrected chi connectivity index (χ0v) is 16.8. The molecule has 0 aliphatic carbocycles. The van der Waals surface area contributed by atoms with Gasteiger partial charge in [-0.1, -0.05) is 24.3 Å². The van der Waals surface area contributed by atoms with Crippen molar-refractivity contribution in [2.24, 2.45) is 0 Å². The van der Waals surface area contributed by atoms with Gasteiger partial charge < -0.3 is 15.7 Å². The number of anilines is 2. The van der Waals surface area contributed by atoms with Crippen LogP contribution in [-0.4, -0.2) is 31.7 Å². The molecule has 0 spiro atoms. The number of benzene rings is 2. The molecule has 0 saturated carbocycles. The van der Waals surface area contributed by atoms with E-state index < -0.39 is 12.0 Å². The molecule has 30 heavy (non-hydrogen) atoms. The van der Waals surface area contributed by atoms with Gasteiger partial charge in [0.05, 0.1) is 11.1 Å². The molecule has 3 N–H and O–H groups in total. The minimum Gasteiger partial charge on any atom is -0.478 e. The molecule has 8 nitrogen and oxygen atoms in total. The molecule has 2 heterocycles. The van der Waals surface area contributed by atoms with E-state index in [2.05, 4.69) is 20.7 Å². The van der Waals surface area contributed by atoms with Gasteiger partial charge in [0.1, 0.15) is 12.4 Å². The SMILES string of the molecule is CC1=C(C(=O)Nc2cccc(C)c2C)C(c2ccc(C(=O)O)cc2)n2ncnc2N1. The Hall–Kier alpha value is -3.94. The number of carboxylic acid groups (broad SMARTS) is 1. The molecular formula is C22H21N5O3. The fourth-order valence-electron chi connectivity index (χ4n) is 3.58. The zero-order valence-electron chi connectivity index (χ0n) is 16.8. The Balaban J connectivity index is 1.76. The van der Waals surface area contributed by atoms with E-state index >= 15 is 0 Å². The fourth-order valence-corrected chi connectivity index (χ4v) is 3.58. The van der Waals surface area contributed by atoms with Gasteiger partial charge in [0, 0.05) is 11.4 Å². The van der Waals surface area contributed by atoms with E-state index in [1.165, 1.54) is 18.5 Å². The molecule has 1 unspecified atom stereocenters. The molecule has 1 amide bonds. The van der Waals surface area contributed by atoms with Gasteiger partial charge in [0.15, 0.2) is 0 Å². The first-order chi connectivity index (χ1) is 14.4. The summed E-state index contributed by atoms with van der Waals surface area (Å²) in [5.41, 5.74) is 4.87. The maximum Gasteiger partial charge on any atom is 0.335 e. The van der Waals surface area contributed by atoms with Gasteiger partial charge in [0.25, 0.3) is 5.91 Å². The maximum absolute atomic E-state index is 13.4. The first kappa shape index (κ1) is 19.4. The second kappa shape index (κ2) is 7.47. The molecule has 0 radical (unpaired) electrons. The van der Waals surface area contributed by atoms with Gasteiger partial charge in [-0.05, 0) is 55.7 Å². The van der Waals surface area contributed by atoms with Crippen LogP contribution in [0.2, 0.25) is 0 Å². The van der Waals surface area contributed by atoms with E-state index in [4.69, 9.17) is 0 Å². The van der Waals surface area contributed by atoms with Crippen molar-refractivity contribution >= 4 is 23.5 Å². The molecule has 1 aliphatic heterocycles. The highest BCUT2D eigenvalue weighted by Crippen LogP contribution is 2.35. The van der Waals surface area contributed by atoms with Gasteiger partial charge in [-0.3, -0.25) is 4.79 Å². The van der Waals surface area contributed by atoms with Gasteiger partial charge in [0.2, 0.25) is 5.95 Å². The van der Waals surface area contributed by atoms with E-state index in [0.717, 1.165) is 22.4 Å². The van der Waals surface area contributed by atoms with E-state index in [9.17, 15) is 14.7 Å². The van der Waals surface area contributed by atoms with Crippen LogP contribution in [0.1, 0.15) is 40.0 Å². The van der Waals surface area contributed by atoms with Crippen LogP contribution in [0.15, 0.2) is 60.1 Å². The number of aromatic nitrogens is 3. The summed E-state index contributed by atoms with van der Waals surface area (Å²) in [6.07, 6.45) is 1.42. The van der Waals surface area contributed by atoms with E-state index in [-0.39, 0.29) is 11.5 Å². The number of allylic oxidation sites excluding steroid dienone is 1. The minimum atomic E-state index is -1.01. The number of fused-ring (bicyclic) bond motifs is 1. The predicted molar refractivity (Wildman–Crippen MR) is 112 cm³/mol. The van der Waals surface area contributed by atoms with Crippen molar-refractivity contribution in [1.29, 1.82) is 0 Å². The molecule has 4 rings (SSSR count). The molecule has 8 heteroatoms. The topological polar surface area (TPSA) is 109 Å². The van der Waals surface area contributed by atoms with Crippen LogP contribution in [0, 0.1) is 13.8 Å². The number of aryl methyl sites for hydroxylation is 1. The second-order valence-corrected chi connectivity index (χ2v) is 7.22. The monoisotopic (exact) mass is 403 g/mol. The van der Waals surface area contributed by atoms with Crippen LogP contribution in [0.4, 0.5) is 11.6 Å². The van der Waals surface area contributed by atoms with Gasteiger partial charge in [-0.2, -0.15) is 10.1 Å². The summed E-state index contributed by atoms with van der Waals surface area (Å²) in [4.78, 5) is 28.8. The van der Waals surface area contributed by atoms with Gasteiger partial charge >= 0.3 is 5.97 Å². The average Bonchev–Trinajstić information content (AvgIpc) is 3.18. The molecule has 0 bridgehead atoms. The summed E-state index contributed by atoms with van der Waals surface area (Å²) in [5.74, 6) is -0.752. The maximum atomic E-state index is 13.4. The number of nitrogens with zero attached hydrogens (tertiary/aromatic N) is 3. The Morgan fingerprint density at radius 1 is 1.10 bits per heavy atom. The minimum absolute atomic E-state index is 0.175. The first-order valence-electron chi connectivity index (χ1n) is 9.45. The molecule has 3 aromatic rings. The van der Waals surface area contributed by atoms with Crippen LogP contribution < -0.4 is 10.6 Å². The number of hydrogen-bond donors (Lipinski definition) is 3. The van der Waals surface area contributed by atoms with Crippen LogP contribution in [0.3, 0.4) is 0 Å². The lowest BCUT2D eigenvalue weighted by molar-refractivity contribution is -0.113. The summed E-state index contributed by atoms with van der Waals surface area (Å²) < 4.78 is 1.63. The second-order valence-electron chi connectivity index (χ2n) is 7.22. The molecule has 1 atom stereocenters. The Kier molecular flexibility index (Phi) is 4.83. The van der Waals surface area contributed by atoms with Crippen LogP contribution >= 0.6 is 0 Å². The van der Waals surface area contributed by atoms with Crippen LogP contribution in [-0.2, 0) is 4.79 Å². The first-order valence-corrected chi connectivity index (χ1v) is 9.45. The normalized spacial score (nSPS) is 15.4. The number of aromatic carboxylic acids is 1. The summed E-state index contributed by atoms with van der Waals surface area (Å²) in [5, 5.41) is 19.6. The van der Waals surface area contributed by atoms with E-state index in [1.54, 1.807) is 16.8 Å². The Labute approximate surface area is 173 Å². The summed E-state index contributed by atoms with van der Waals surface area (Å²) >= 11 is 0. The highest BCUT2D eigenvalue weighted by atomic mass is 16.4. The van der Waals surface area contributed by atoms with E-state index in [0.29, 0.717) is 17.2 Å². The lowest BCUT2D eigenvalue weighted by Gasteiger charge is -2.29. The predicted octanol–water partition coefficient (Wildman–Crippen LogP) is 3.52. The number of carbonyl (C=O) groups excluding carboxylic acids is 1. The number of carboxylic acids is 1. The third-order valence-corrected chi connectivity index (χ3v) is 5.37. The highest BCUT2D eigenvalue weighted by Gasteiger charge is 2.33. The molecule has 2 aromatic carbocycles. The van der Waals surface area contributed by atoms with Crippen molar-refractivity contribution in [2.45, 2.75) is 26.8 Å². The number of carbonyl (C=O) groups is 2. The summed E-state index contributed by atoms with van der Waals surface area (Å²) in [6, 6.07) is 11.6. The van der Waals surface area contributed by atoms with E-state index in [1.807, 2.05) is 39.0 Å². The summed E-state index contributed by atoms with van der Waals surface area (Å²) in [6.45, 7) is 5.77. The van der Waals surface area contributed by atoms with Crippen molar-refractivity contribution in [1.82, 2.24) is 14.8 Å². The largest absolute Gasteiger partial charge is 0.478 e. The number of hydrogen-bond acceptors (Lipinski definition) is 5. The van der Waals surface area contributed by atoms with Crippen molar-refractivity contribution in [3.8, 4) is 0 Å². The zero-order chi connectivity index (χ0) is 21.4. The van der Waals surface area contributed by atoms with Crippen molar-refractivity contribution in [2.75, 3.05) is 10.6 Å². The number of amides is 1. The smallest absolute Gasteiger partial charge is 0.335 e. The van der Waals surface area contributed by atoms with Gasteiger partial charge in [-0.15, -0.1) is 0 Å². The Bertz CT molecular complexity index is 1180. The Morgan fingerprint density at radius 3 is 2.53 bits per heavy atom. The number of nitrogens with one attached hydrogen (secondary N) is 2. The third-order valence-electron chi connectivity index (χ3n) is 5.37. The molecule has 152 valence electrons. The fraction of sp³-hybridized carbons (Fsp3) is 0.182. The molecule has 1 aromatic heterocycles. The summed E-state index contributed by atoms with van der Waals surface area (Å²) in [7, 11) is 0. The quantitative estimate of drug-likeness (QED) is 0.615. The Morgan fingerprint density at radius 2 is 1.83 bits per heavy atom. The average molecular weight is 403 g/mol. The molecule has 0 fully saturated rings.